The fraction of sp³-hybridized carbons (Fsp3) is 0.200. The summed E-state index contributed by atoms with van der Waals surface area (Å²) in [6, 6.07) is 6.90. The number of amides is 2. The summed E-state index contributed by atoms with van der Waals surface area (Å²) in [5.74, 6) is -1.54. The van der Waals surface area contributed by atoms with Crippen LogP contribution in [0.25, 0.3) is 0 Å². The molecule has 1 aromatic carbocycles. The van der Waals surface area contributed by atoms with Gasteiger partial charge in [0.05, 0.1) is 11.3 Å². The number of rotatable bonds is 4. The molecule has 0 saturated heterocycles. The van der Waals surface area contributed by atoms with E-state index in [4.69, 9.17) is 16.0 Å². The fourth-order valence-corrected chi connectivity index (χ4v) is 2.01. The van der Waals surface area contributed by atoms with E-state index in [1.54, 1.807) is 19.1 Å². The summed E-state index contributed by atoms with van der Waals surface area (Å²) in [7, 11) is 0. The van der Waals surface area contributed by atoms with Gasteiger partial charge in [-0.2, -0.15) is 0 Å². The van der Waals surface area contributed by atoms with Crippen LogP contribution in [0.15, 0.2) is 41.0 Å². The van der Waals surface area contributed by atoms with E-state index in [1.807, 2.05) is 0 Å². The third-order valence-corrected chi connectivity index (χ3v) is 3.14. The average molecular weight is 325 g/mol. The number of nitrogens with one attached hydrogen (secondary N) is 2. The van der Waals surface area contributed by atoms with Gasteiger partial charge in [0.2, 0.25) is 0 Å². The van der Waals surface area contributed by atoms with Crippen LogP contribution in [-0.2, 0) is 16.0 Å². The van der Waals surface area contributed by atoms with Crippen LogP contribution in [-0.4, -0.2) is 17.9 Å². The van der Waals surface area contributed by atoms with Gasteiger partial charge < -0.3 is 15.1 Å². The van der Waals surface area contributed by atoms with Crippen molar-refractivity contribution in [1.82, 2.24) is 5.32 Å². The summed E-state index contributed by atoms with van der Waals surface area (Å²) in [6.07, 6.45) is 2.00. The van der Waals surface area contributed by atoms with Crippen LogP contribution in [0, 0.1) is 5.82 Å². The maximum absolute atomic E-state index is 13.0. The van der Waals surface area contributed by atoms with E-state index in [0.717, 1.165) is 6.07 Å². The molecule has 1 heterocycles. The summed E-state index contributed by atoms with van der Waals surface area (Å²) in [4.78, 5) is 23.5. The standard InChI is InChI=1S/C15H14ClFN2O3/c1-9(7-11-3-2-6-22-11)18-14(20)15(21)19-10-4-5-13(17)12(16)8-10/h2-6,8-9H,7H2,1H3,(H,18,20)(H,19,21). The number of halogens is 2. The number of carbonyl (C=O) groups excluding carboxylic acids is 2. The Morgan fingerprint density at radius 1 is 1.32 bits per heavy atom. The van der Waals surface area contributed by atoms with Gasteiger partial charge in [-0.15, -0.1) is 0 Å². The van der Waals surface area contributed by atoms with Crippen LogP contribution < -0.4 is 10.6 Å². The van der Waals surface area contributed by atoms with E-state index in [-0.39, 0.29) is 16.8 Å². The lowest BCUT2D eigenvalue weighted by atomic mass is 10.2. The molecular formula is C15H14ClFN2O3. The molecule has 5 nitrogen and oxygen atoms in total. The summed E-state index contributed by atoms with van der Waals surface area (Å²) < 4.78 is 18.2. The maximum atomic E-state index is 13.0. The second kappa shape index (κ2) is 7.09. The molecule has 0 bridgehead atoms. The maximum Gasteiger partial charge on any atom is 0.313 e. The van der Waals surface area contributed by atoms with E-state index < -0.39 is 17.6 Å². The molecule has 1 aromatic heterocycles. The van der Waals surface area contributed by atoms with E-state index >= 15 is 0 Å². The molecule has 1 unspecified atom stereocenters. The Hall–Kier alpha value is -2.34. The average Bonchev–Trinajstić information content (AvgIpc) is 2.95. The first-order valence-corrected chi connectivity index (χ1v) is 6.93. The minimum Gasteiger partial charge on any atom is -0.469 e. The Morgan fingerprint density at radius 3 is 2.73 bits per heavy atom. The minimum atomic E-state index is -0.853. The number of benzene rings is 1. The molecule has 0 aliphatic heterocycles. The van der Waals surface area contributed by atoms with Crippen LogP contribution in [0.1, 0.15) is 12.7 Å². The highest BCUT2D eigenvalue weighted by Crippen LogP contribution is 2.19. The molecule has 7 heteroatoms. The molecule has 0 radical (unpaired) electrons. The van der Waals surface area contributed by atoms with Crippen LogP contribution in [0.2, 0.25) is 5.02 Å². The largest absolute Gasteiger partial charge is 0.469 e. The zero-order chi connectivity index (χ0) is 16.1. The third-order valence-electron chi connectivity index (χ3n) is 2.85. The van der Waals surface area contributed by atoms with Crippen molar-refractivity contribution in [1.29, 1.82) is 0 Å². The number of furan rings is 1. The topological polar surface area (TPSA) is 71.3 Å². The number of carbonyl (C=O) groups is 2. The Bertz CT molecular complexity index is 673. The van der Waals surface area contributed by atoms with Crippen molar-refractivity contribution in [3.63, 3.8) is 0 Å². The lowest BCUT2D eigenvalue weighted by Gasteiger charge is -2.12. The Morgan fingerprint density at radius 2 is 2.09 bits per heavy atom. The quantitative estimate of drug-likeness (QED) is 0.849. The summed E-state index contributed by atoms with van der Waals surface area (Å²) in [5.41, 5.74) is 0.241. The molecule has 22 heavy (non-hydrogen) atoms. The Balaban J connectivity index is 1.88. The summed E-state index contributed by atoms with van der Waals surface area (Å²) >= 11 is 5.60. The van der Waals surface area contributed by atoms with Crippen molar-refractivity contribution in [2.75, 3.05) is 5.32 Å². The van der Waals surface area contributed by atoms with Crippen molar-refractivity contribution < 1.29 is 18.4 Å². The van der Waals surface area contributed by atoms with Gasteiger partial charge in [-0.3, -0.25) is 9.59 Å². The molecule has 0 aliphatic rings. The van der Waals surface area contributed by atoms with Gasteiger partial charge in [0.25, 0.3) is 0 Å². The van der Waals surface area contributed by atoms with E-state index in [2.05, 4.69) is 10.6 Å². The molecule has 0 aliphatic carbocycles. The lowest BCUT2D eigenvalue weighted by molar-refractivity contribution is -0.136. The summed E-state index contributed by atoms with van der Waals surface area (Å²) in [5, 5.41) is 4.76. The van der Waals surface area contributed by atoms with Crippen LogP contribution >= 0.6 is 11.6 Å². The van der Waals surface area contributed by atoms with Crippen molar-refractivity contribution in [2.24, 2.45) is 0 Å². The van der Waals surface area contributed by atoms with Crippen LogP contribution in [0.5, 0.6) is 0 Å². The second-order valence-corrected chi connectivity index (χ2v) is 5.15. The lowest BCUT2D eigenvalue weighted by Crippen LogP contribution is -2.41. The van der Waals surface area contributed by atoms with Gasteiger partial charge in [0.15, 0.2) is 0 Å². The van der Waals surface area contributed by atoms with E-state index in [9.17, 15) is 14.0 Å². The van der Waals surface area contributed by atoms with Gasteiger partial charge in [0.1, 0.15) is 11.6 Å². The van der Waals surface area contributed by atoms with Gasteiger partial charge in [0, 0.05) is 18.2 Å². The van der Waals surface area contributed by atoms with Gasteiger partial charge >= 0.3 is 11.8 Å². The predicted octanol–water partition coefficient (Wildman–Crippen LogP) is 2.76. The molecule has 0 spiro atoms. The molecule has 2 N–H and O–H groups in total. The molecule has 0 saturated carbocycles. The highest BCUT2D eigenvalue weighted by atomic mass is 35.5. The van der Waals surface area contributed by atoms with E-state index in [0.29, 0.717) is 12.2 Å². The highest BCUT2D eigenvalue weighted by Gasteiger charge is 2.17. The van der Waals surface area contributed by atoms with Gasteiger partial charge in [-0.1, -0.05) is 11.6 Å². The Kier molecular flexibility index (Phi) is 5.16. The SMILES string of the molecule is CC(Cc1ccco1)NC(=O)C(=O)Nc1ccc(F)c(Cl)c1. The van der Waals surface area contributed by atoms with Crippen LogP contribution in [0.4, 0.5) is 10.1 Å². The summed E-state index contributed by atoms with van der Waals surface area (Å²) in [6.45, 7) is 1.75. The molecule has 1 atom stereocenters. The first-order chi connectivity index (χ1) is 10.5. The normalized spacial score (nSPS) is 11.8. The number of hydrogen-bond donors (Lipinski definition) is 2. The smallest absolute Gasteiger partial charge is 0.313 e. The van der Waals surface area contributed by atoms with Crippen molar-refractivity contribution in [3.05, 3.63) is 53.2 Å². The number of hydrogen-bond acceptors (Lipinski definition) is 3. The van der Waals surface area contributed by atoms with Crippen LogP contribution in [0.3, 0.4) is 0 Å². The Labute approximate surface area is 131 Å². The zero-order valence-electron chi connectivity index (χ0n) is 11.7. The molecule has 2 amide bonds. The first kappa shape index (κ1) is 16.0. The van der Waals surface area contributed by atoms with Crippen molar-refractivity contribution in [3.8, 4) is 0 Å². The molecule has 116 valence electrons. The van der Waals surface area contributed by atoms with Crippen molar-refractivity contribution in [2.45, 2.75) is 19.4 Å². The third kappa shape index (κ3) is 4.33. The minimum absolute atomic E-state index is 0.135. The molecule has 0 fully saturated rings. The molecule has 2 aromatic rings. The predicted molar refractivity (Wildman–Crippen MR) is 80.1 cm³/mol. The number of anilines is 1. The molecular weight excluding hydrogens is 311 g/mol. The first-order valence-electron chi connectivity index (χ1n) is 6.55. The second-order valence-electron chi connectivity index (χ2n) is 4.74. The highest BCUT2D eigenvalue weighted by molar-refractivity contribution is 6.40. The van der Waals surface area contributed by atoms with E-state index in [1.165, 1.54) is 18.4 Å². The van der Waals surface area contributed by atoms with Gasteiger partial charge in [-0.05, 0) is 37.3 Å². The van der Waals surface area contributed by atoms with Gasteiger partial charge in [-0.25, -0.2) is 4.39 Å². The fourth-order valence-electron chi connectivity index (χ4n) is 1.83. The van der Waals surface area contributed by atoms with Crippen molar-refractivity contribution >= 4 is 29.1 Å². The monoisotopic (exact) mass is 324 g/mol. The zero-order valence-corrected chi connectivity index (χ0v) is 12.5. The molecule has 2 rings (SSSR count).